The maximum Gasteiger partial charge on any atom is 0.129 e. The van der Waals surface area contributed by atoms with Crippen LogP contribution in [0.3, 0.4) is 0 Å². The van der Waals surface area contributed by atoms with Gasteiger partial charge in [-0.2, -0.15) is 5.10 Å². The van der Waals surface area contributed by atoms with Gasteiger partial charge in [-0.3, -0.25) is 10.00 Å². The highest BCUT2D eigenvalue weighted by atomic mass is 15.2. The normalized spacial score (nSPS) is 17.2. The minimum absolute atomic E-state index is 0.502. The van der Waals surface area contributed by atoms with Gasteiger partial charge < -0.3 is 5.32 Å². The van der Waals surface area contributed by atoms with Crippen LogP contribution >= 0.6 is 0 Å². The van der Waals surface area contributed by atoms with Gasteiger partial charge in [-0.05, 0) is 31.9 Å². The molecule has 6 nitrogen and oxygen atoms in total. The van der Waals surface area contributed by atoms with Crippen LogP contribution in [-0.2, 0) is 6.54 Å². The zero-order chi connectivity index (χ0) is 13.8. The van der Waals surface area contributed by atoms with Gasteiger partial charge in [0, 0.05) is 37.6 Å². The first-order chi connectivity index (χ1) is 9.79. The molecule has 0 aliphatic carbocycles. The Labute approximate surface area is 118 Å². The molecular formula is C14H20N6. The topological polar surface area (TPSA) is 69.7 Å². The second-order valence-electron chi connectivity index (χ2n) is 5.33. The molecule has 2 aromatic heterocycles. The molecule has 0 atom stereocenters. The first-order valence-corrected chi connectivity index (χ1v) is 7.05. The predicted molar refractivity (Wildman–Crippen MR) is 77.3 cm³/mol. The Morgan fingerprint density at radius 1 is 1.40 bits per heavy atom. The lowest BCUT2D eigenvalue weighted by atomic mass is 10.0. The summed E-state index contributed by atoms with van der Waals surface area (Å²) in [7, 11) is 0. The van der Waals surface area contributed by atoms with E-state index in [-0.39, 0.29) is 0 Å². The number of hydrogen-bond donors (Lipinski definition) is 2. The fraction of sp³-hybridized carbons (Fsp3) is 0.500. The largest absolute Gasteiger partial charge is 0.367 e. The molecule has 0 amide bonds. The van der Waals surface area contributed by atoms with Crippen molar-refractivity contribution in [3.05, 3.63) is 36.0 Å². The van der Waals surface area contributed by atoms with Gasteiger partial charge in [0.2, 0.25) is 0 Å². The number of aromatic nitrogens is 4. The molecule has 0 radical (unpaired) electrons. The van der Waals surface area contributed by atoms with Crippen molar-refractivity contribution in [3.63, 3.8) is 0 Å². The SMILES string of the molecule is Cc1cc(CN2CCC(Nc3ccncn3)CC2)n[nH]1. The van der Waals surface area contributed by atoms with Gasteiger partial charge in [0.1, 0.15) is 12.1 Å². The number of piperidine rings is 1. The average Bonchev–Trinajstić information content (AvgIpc) is 2.88. The molecule has 2 N–H and O–H groups in total. The highest BCUT2D eigenvalue weighted by molar-refractivity contribution is 5.33. The van der Waals surface area contributed by atoms with Crippen LogP contribution in [0.25, 0.3) is 0 Å². The molecule has 3 heterocycles. The number of anilines is 1. The van der Waals surface area contributed by atoms with E-state index in [1.807, 2.05) is 13.0 Å². The van der Waals surface area contributed by atoms with E-state index in [9.17, 15) is 0 Å². The van der Waals surface area contributed by atoms with Gasteiger partial charge in [0.05, 0.1) is 5.69 Å². The summed E-state index contributed by atoms with van der Waals surface area (Å²) in [5, 5.41) is 10.8. The zero-order valence-corrected chi connectivity index (χ0v) is 11.7. The molecule has 3 rings (SSSR count). The highest BCUT2D eigenvalue weighted by Crippen LogP contribution is 2.16. The summed E-state index contributed by atoms with van der Waals surface area (Å²) < 4.78 is 0. The van der Waals surface area contributed by atoms with Gasteiger partial charge >= 0.3 is 0 Å². The van der Waals surface area contributed by atoms with Crippen molar-refractivity contribution in [2.45, 2.75) is 32.4 Å². The summed E-state index contributed by atoms with van der Waals surface area (Å²) in [5.41, 5.74) is 2.25. The number of nitrogens with one attached hydrogen (secondary N) is 2. The third-order valence-electron chi connectivity index (χ3n) is 3.67. The molecule has 0 saturated carbocycles. The van der Waals surface area contributed by atoms with Crippen LogP contribution < -0.4 is 5.32 Å². The average molecular weight is 272 g/mol. The summed E-state index contributed by atoms with van der Waals surface area (Å²) in [4.78, 5) is 10.6. The van der Waals surface area contributed by atoms with Gasteiger partial charge in [0.15, 0.2) is 0 Å². The molecule has 1 saturated heterocycles. The summed E-state index contributed by atoms with van der Waals surface area (Å²) >= 11 is 0. The third kappa shape index (κ3) is 3.33. The quantitative estimate of drug-likeness (QED) is 0.884. The van der Waals surface area contributed by atoms with Crippen LogP contribution in [0.5, 0.6) is 0 Å². The van der Waals surface area contributed by atoms with Gasteiger partial charge in [-0.15, -0.1) is 0 Å². The van der Waals surface area contributed by atoms with Crippen molar-refractivity contribution in [3.8, 4) is 0 Å². The molecule has 1 fully saturated rings. The molecule has 106 valence electrons. The summed E-state index contributed by atoms with van der Waals surface area (Å²) in [6, 6.07) is 4.53. The summed E-state index contributed by atoms with van der Waals surface area (Å²) in [6.45, 7) is 5.16. The first-order valence-electron chi connectivity index (χ1n) is 7.05. The van der Waals surface area contributed by atoms with Crippen LogP contribution in [0.1, 0.15) is 24.2 Å². The minimum Gasteiger partial charge on any atom is -0.367 e. The Morgan fingerprint density at radius 2 is 2.25 bits per heavy atom. The smallest absolute Gasteiger partial charge is 0.129 e. The summed E-state index contributed by atoms with van der Waals surface area (Å²) in [5.74, 6) is 0.918. The molecule has 1 aliphatic heterocycles. The third-order valence-corrected chi connectivity index (χ3v) is 3.67. The van der Waals surface area contributed by atoms with Gasteiger partial charge in [-0.1, -0.05) is 0 Å². The summed E-state index contributed by atoms with van der Waals surface area (Å²) in [6.07, 6.45) is 5.61. The molecule has 6 heteroatoms. The number of hydrogen-bond acceptors (Lipinski definition) is 5. The Morgan fingerprint density at radius 3 is 2.90 bits per heavy atom. The molecule has 20 heavy (non-hydrogen) atoms. The van der Waals surface area contributed by atoms with E-state index in [2.05, 4.69) is 36.4 Å². The lowest BCUT2D eigenvalue weighted by molar-refractivity contribution is 0.209. The van der Waals surface area contributed by atoms with E-state index in [4.69, 9.17) is 0 Å². The number of H-pyrrole nitrogens is 1. The van der Waals surface area contributed by atoms with Crippen molar-refractivity contribution in [2.24, 2.45) is 0 Å². The Hall–Kier alpha value is -1.95. The Kier molecular flexibility index (Phi) is 3.92. The Bertz CT molecular complexity index is 530. The first kappa shape index (κ1) is 13.1. The molecule has 2 aromatic rings. The van der Waals surface area contributed by atoms with Gasteiger partial charge in [0.25, 0.3) is 0 Å². The second kappa shape index (κ2) is 6.00. The van der Waals surface area contributed by atoms with Crippen molar-refractivity contribution in [2.75, 3.05) is 18.4 Å². The maximum absolute atomic E-state index is 4.30. The zero-order valence-electron chi connectivity index (χ0n) is 11.7. The molecule has 0 aromatic carbocycles. The number of rotatable bonds is 4. The molecule has 1 aliphatic rings. The van der Waals surface area contributed by atoms with Crippen LogP contribution in [0, 0.1) is 6.92 Å². The molecule has 0 bridgehead atoms. The lowest BCUT2D eigenvalue weighted by Crippen LogP contribution is -2.38. The van der Waals surface area contributed by atoms with Crippen LogP contribution in [0.4, 0.5) is 5.82 Å². The van der Waals surface area contributed by atoms with E-state index in [0.717, 1.165) is 49.7 Å². The number of aryl methyl sites for hydroxylation is 1. The van der Waals surface area contributed by atoms with Crippen molar-refractivity contribution in [1.82, 2.24) is 25.1 Å². The number of likely N-dealkylation sites (tertiary alicyclic amines) is 1. The predicted octanol–water partition coefficient (Wildman–Crippen LogP) is 1.58. The second-order valence-corrected chi connectivity index (χ2v) is 5.33. The standard InChI is InChI=1S/C14H20N6/c1-11-8-13(19-18-11)9-20-6-3-12(4-7-20)17-14-2-5-15-10-16-14/h2,5,8,10,12H,3-4,6-7,9H2,1H3,(H,18,19)(H,15,16,17). The monoisotopic (exact) mass is 272 g/mol. The fourth-order valence-electron chi connectivity index (χ4n) is 2.61. The minimum atomic E-state index is 0.502. The van der Waals surface area contributed by atoms with E-state index < -0.39 is 0 Å². The molecule has 0 spiro atoms. The van der Waals surface area contributed by atoms with E-state index in [0.29, 0.717) is 6.04 Å². The fourth-order valence-corrected chi connectivity index (χ4v) is 2.61. The van der Waals surface area contributed by atoms with Crippen LogP contribution in [0.15, 0.2) is 24.7 Å². The van der Waals surface area contributed by atoms with Gasteiger partial charge in [-0.25, -0.2) is 9.97 Å². The molecule has 0 unspecified atom stereocenters. The number of nitrogens with zero attached hydrogens (tertiary/aromatic N) is 4. The van der Waals surface area contributed by atoms with E-state index in [1.165, 1.54) is 0 Å². The Balaban J connectivity index is 1.47. The maximum atomic E-state index is 4.30. The number of aromatic amines is 1. The highest BCUT2D eigenvalue weighted by Gasteiger charge is 2.19. The van der Waals surface area contributed by atoms with Crippen molar-refractivity contribution < 1.29 is 0 Å². The van der Waals surface area contributed by atoms with Crippen LogP contribution in [0.2, 0.25) is 0 Å². The van der Waals surface area contributed by atoms with Crippen LogP contribution in [-0.4, -0.2) is 44.2 Å². The van der Waals surface area contributed by atoms with E-state index in [1.54, 1.807) is 12.5 Å². The lowest BCUT2D eigenvalue weighted by Gasteiger charge is -2.32. The van der Waals surface area contributed by atoms with Crippen molar-refractivity contribution in [1.29, 1.82) is 0 Å². The van der Waals surface area contributed by atoms with Crippen molar-refractivity contribution >= 4 is 5.82 Å². The molecular weight excluding hydrogens is 252 g/mol. The van der Waals surface area contributed by atoms with E-state index >= 15 is 0 Å².